The van der Waals surface area contributed by atoms with E-state index in [2.05, 4.69) is 42.8 Å². The quantitative estimate of drug-likeness (QED) is 0.350. The molecule has 2 atom stereocenters. The molecule has 2 unspecified atom stereocenters. The summed E-state index contributed by atoms with van der Waals surface area (Å²) < 4.78 is 5.32. The number of hydrogen-bond acceptors (Lipinski definition) is 5. The Hall–Kier alpha value is -1.62. The number of nitrogens with one attached hydrogen (secondary N) is 3. The Balaban J connectivity index is 0.00000210. The van der Waals surface area contributed by atoms with Crippen LogP contribution in [0.2, 0.25) is 0 Å². The molecule has 27 heavy (non-hydrogen) atoms. The van der Waals surface area contributed by atoms with Crippen LogP contribution < -0.4 is 10.6 Å². The van der Waals surface area contributed by atoms with Crippen LogP contribution >= 0.6 is 24.0 Å². The summed E-state index contributed by atoms with van der Waals surface area (Å²) in [4.78, 5) is 11.4. The summed E-state index contributed by atoms with van der Waals surface area (Å²) in [5.41, 5.74) is 0. The van der Waals surface area contributed by atoms with Crippen molar-refractivity contribution in [3.8, 4) is 11.6 Å². The first-order valence-corrected chi connectivity index (χ1v) is 9.37. The van der Waals surface area contributed by atoms with Crippen molar-refractivity contribution in [1.82, 2.24) is 30.7 Å². The predicted octanol–water partition coefficient (Wildman–Crippen LogP) is 2.36. The SMILES string of the molecule is CN=C(NCc1nc(-c2ccco2)n[nH]1)NC1CC2CCCC(C1)N2C.I. The first kappa shape index (κ1) is 20.1. The number of hydrogen-bond donors (Lipinski definition) is 3. The Kier molecular flexibility index (Phi) is 6.74. The van der Waals surface area contributed by atoms with Gasteiger partial charge in [-0.1, -0.05) is 6.42 Å². The number of H-pyrrole nitrogens is 1. The Morgan fingerprint density at radius 1 is 1.37 bits per heavy atom. The van der Waals surface area contributed by atoms with Gasteiger partial charge in [0.15, 0.2) is 11.7 Å². The van der Waals surface area contributed by atoms with E-state index in [1.807, 2.05) is 12.1 Å². The molecule has 0 amide bonds. The summed E-state index contributed by atoms with van der Waals surface area (Å²) in [6.07, 6.45) is 7.96. The average molecular weight is 485 g/mol. The van der Waals surface area contributed by atoms with Gasteiger partial charge in [-0.15, -0.1) is 29.1 Å². The van der Waals surface area contributed by atoms with Crippen LogP contribution in [-0.4, -0.2) is 58.3 Å². The molecule has 8 nitrogen and oxygen atoms in total. The highest BCUT2D eigenvalue weighted by Crippen LogP contribution is 2.32. The molecule has 9 heteroatoms. The van der Waals surface area contributed by atoms with Gasteiger partial charge < -0.3 is 20.0 Å². The summed E-state index contributed by atoms with van der Waals surface area (Å²) in [7, 11) is 4.08. The number of nitrogens with zero attached hydrogens (tertiary/aromatic N) is 4. The molecule has 2 aliphatic rings. The maximum absolute atomic E-state index is 5.32. The second-order valence-electron chi connectivity index (χ2n) is 7.23. The molecule has 0 radical (unpaired) electrons. The zero-order chi connectivity index (χ0) is 17.9. The molecule has 2 aliphatic heterocycles. The van der Waals surface area contributed by atoms with Gasteiger partial charge in [0, 0.05) is 25.2 Å². The van der Waals surface area contributed by atoms with Gasteiger partial charge in [-0.05, 0) is 44.9 Å². The van der Waals surface area contributed by atoms with Gasteiger partial charge in [-0.2, -0.15) is 0 Å². The first-order chi connectivity index (χ1) is 12.7. The second kappa shape index (κ2) is 9.05. The molecule has 0 aromatic carbocycles. The van der Waals surface area contributed by atoms with Crippen molar-refractivity contribution in [2.24, 2.45) is 4.99 Å². The second-order valence-corrected chi connectivity index (χ2v) is 7.23. The van der Waals surface area contributed by atoms with E-state index in [1.165, 1.54) is 32.1 Å². The van der Waals surface area contributed by atoms with Crippen LogP contribution in [0.5, 0.6) is 0 Å². The maximum Gasteiger partial charge on any atom is 0.216 e. The summed E-state index contributed by atoms with van der Waals surface area (Å²) in [5, 5.41) is 14.1. The molecular formula is C18H28IN7O. The zero-order valence-electron chi connectivity index (χ0n) is 15.8. The third-order valence-electron chi connectivity index (χ3n) is 5.60. The molecule has 2 fully saturated rings. The van der Waals surface area contributed by atoms with Crippen LogP contribution in [0.4, 0.5) is 0 Å². The summed E-state index contributed by atoms with van der Waals surface area (Å²) in [5.74, 6) is 2.79. The van der Waals surface area contributed by atoms with E-state index < -0.39 is 0 Å². The van der Waals surface area contributed by atoms with Gasteiger partial charge in [-0.25, -0.2) is 4.98 Å². The number of aromatic amines is 1. The van der Waals surface area contributed by atoms with Crippen LogP contribution in [-0.2, 0) is 6.54 Å². The van der Waals surface area contributed by atoms with E-state index in [0.29, 0.717) is 36.3 Å². The molecule has 148 valence electrons. The van der Waals surface area contributed by atoms with Gasteiger partial charge in [-0.3, -0.25) is 10.1 Å². The third kappa shape index (κ3) is 4.63. The largest absolute Gasteiger partial charge is 0.461 e. The van der Waals surface area contributed by atoms with Crippen molar-refractivity contribution in [2.45, 2.75) is 56.8 Å². The Bertz CT molecular complexity index is 731. The number of piperidine rings is 2. The molecule has 2 bridgehead atoms. The Morgan fingerprint density at radius 2 is 2.15 bits per heavy atom. The highest BCUT2D eigenvalue weighted by molar-refractivity contribution is 14.0. The molecule has 0 aliphatic carbocycles. The van der Waals surface area contributed by atoms with Crippen molar-refractivity contribution in [1.29, 1.82) is 0 Å². The minimum Gasteiger partial charge on any atom is -0.461 e. The van der Waals surface area contributed by atoms with E-state index in [-0.39, 0.29) is 24.0 Å². The fraction of sp³-hybridized carbons (Fsp3) is 0.611. The number of furan rings is 1. The van der Waals surface area contributed by atoms with Crippen LogP contribution in [0.3, 0.4) is 0 Å². The van der Waals surface area contributed by atoms with Gasteiger partial charge in [0.05, 0.1) is 12.8 Å². The van der Waals surface area contributed by atoms with Crippen molar-refractivity contribution >= 4 is 29.9 Å². The van der Waals surface area contributed by atoms with Crippen molar-refractivity contribution in [3.63, 3.8) is 0 Å². The van der Waals surface area contributed by atoms with Gasteiger partial charge >= 0.3 is 0 Å². The molecule has 4 rings (SSSR count). The molecule has 2 aromatic heterocycles. The molecule has 0 saturated carbocycles. The number of aromatic nitrogens is 3. The fourth-order valence-electron chi connectivity index (χ4n) is 4.18. The number of guanidine groups is 1. The normalized spacial score (nSPS) is 25.7. The highest BCUT2D eigenvalue weighted by atomic mass is 127. The fourth-order valence-corrected chi connectivity index (χ4v) is 4.18. The van der Waals surface area contributed by atoms with E-state index in [4.69, 9.17) is 4.42 Å². The lowest BCUT2D eigenvalue weighted by atomic mass is 9.82. The Morgan fingerprint density at radius 3 is 2.81 bits per heavy atom. The summed E-state index contributed by atoms with van der Waals surface area (Å²) in [6, 6.07) is 5.54. The lowest BCUT2D eigenvalue weighted by Crippen LogP contribution is -2.56. The lowest BCUT2D eigenvalue weighted by Gasteiger charge is -2.47. The molecule has 4 heterocycles. The third-order valence-corrected chi connectivity index (χ3v) is 5.60. The minimum atomic E-state index is 0. The van der Waals surface area contributed by atoms with E-state index in [9.17, 15) is 0 Å². The number of halogens is 1. The van der Waals surface area contributed by atoms with E-state index >= 15 is 0 Å². The number of fused-ring (bicyclic) bond motifs is 2. The molecule has 2 aromatic rings. The van der Waals surface area contributed by atoms with Gasteiger partial charge in [0.2, 0.25) is 5.82 Å². The average Bonchev–Trinajstić information content (AvgIpc) is 3.30. The molecule has 3 N–H and O–H groups in total. The zero-order valence-corrected chi connectivity index (χ0v) is 18.1. The molecule has 0 spiro atoms. The lowest BCUT2D eigenvalue weighted by molar-refractivity contribution is 0.0526. The highest BCUT2D eigenvalue weighted by Gasteiger charge is 2.36. The van der Waals surface area contributed by atoms with E-state index in [1.54, 1.807) is 13.3 Å². The summed E-state index contributed by atoms with van der Waals surface area (Å²) in [6.45, 7) is 0.535. The minimum absolute atomic E-state index is 0. The monoisotopic (exact) mass is 485 g/mol. The van der Waals surface area contributed by atoms with Crippen molar-refractivity contribution in [2.75, 3.05) is 14.1 Å². The standard InChI is InChI=1S/C18H27N7O.HI/c1-19-18(21-12-9-13-5-3-6-14(10-12)25(13)2)20-11-16-22-17(24-23-16)15-7-4-8-26-15;/h4,7-8,12-14H,3,5-6,9-11H2,1-2H3,(H2,19,20,21)(H,22,23,24);1H. The van der Waals surface area contributed by atoms with Crippen LogP contribution in [0.15, 0.2) is 27.8 Å². The number of aliphatic imine (C=N–C) groups is 1. The van der Waals surface area contributed by atoms with Crippen LogP contribution in [0.25, 0.3) is 11.6 Å². The van der Waals surface area contributed by atoms with Gasteiger partial charge in [0.25, 0.3) is 0 Å². The van der Waals surface area contributed by atoms with Crippen LogP contribution in [0, 0.1) is 0 Å². The van der Waals surface area contributed by atoms with Gasteiger partial charge in [0.1, 0.15) is 5.82 Å². The molecule has 2 saturated heterocycles. The first-order valence-electron chi connectivity index (χ1n) is 9.37. The number of rotatable bonds is 4. The maximum atomic E-state index is 5.32. The Labute approximate surface area is 176 Å². The van der Waals surface area contributed by atoms with Crippen molar-refractivity contribution < 1.29 is 4.42 Å². The van der Waals surface area contributed by atoms with Crippen molar-refractivity contribution in [3.05, 3.63) is 24.2 Å². The summed E-state index contributed by atoms with van der Waals surface area (Å²) >= 11 is 0. The van der Waals surface area contributed by atoms with Crippen LogP contribution in [0.1, 0.15) is 37.9 Å². The predicted molar refractivity (Wildman–Crippen MR) is 115 cm³/mol. The smallest absolute Gasteiger partial charge is 0.216 e. The molecular weight excluding hydrogens is 457 g/mol. The topological polar surface area (TPSA) is 94.4 Å². The van der Waals surface area contributed by atoms with E-state index in [0.717, 1.165) is 11.8 Å².